The largest absolute Gasteiger partial charge is 0.465 e. The van der Waals surface area contributed by atoms with Gasteiger partial charge in [-0.3, -0.25) is 0 Å². The molecule has 1 aromatic carbocycles. The Kier molecular flexibility index (Phi) is 3.59. The van der Waals surface area contributed by atoms with Crippen molar-refractivity contribution in [2.45, 2.75) is 13.0 Å². The van der Waals surface area contributed by atoms with E-state index in [0.29, 0.717) is 11.6 Å². The number of methoxy groups -OCH3 is 1. The minimum Gasteiger partial charge on any atom is -0.465 e. The summed E-state index contributed by atoms with van der Waals surface area (Å²) in [4.78, 5) is 14.2. The molecule has 2 aromatic rings. The number of fused-ring (bicyclic) bond motifs is 1. The van der Waals surface area contributed by atoms with Crippen LogP contribution >= 0.6 is 0 Å². The highest BCUT2D eigenvalue weighted by Crippen LogP contribution is 2.27. The number of hydrogen-bond donors (Lipinski definition) is 1. The van der Waals surface area contributed by atoms with E-state index in [2.05, 4.69) is 29.3 Å². The molecule has 21 heavy (non-hydrogen) atoms. The number of aryl methyl sites for hydroxylation is 1. The molecular weight excluding hydrogens is 266 g/mol. The average Bonchev–Trinajstić information content (AvgIpc) is 2.84. The number of nitrogens with one attached hydrogen (secondary N) is 1. The van der Waals surface area contributed by atoms with Gasteiger partial charge in [0.05, 0.1) is 18.2 Å². The van der Waals surface area contributed by atoms with Crippen LogP contribution in [0.4, 0.5) is 5.69 Å². The summed E-state index contributed by atoms with van der Waals surface area (Å²) >= 11 is 0. The second kappa shape index (κ2) is 5.41. The quantitative estimate of drug-likeness (QED) is 0.855. The lowest BCUT2D eigenvalue weighted by Crippen LogP contribution is -2.49. The fraction of sp³-hybridized carbons (Fsp3) is 0.438. The number of ether oxygens (including phenoxy) is 1. The van der Waals surface area contributed by atoms with Gasteiger partial charge >= 0.3 is 5.97 Å². The van der Waals surface area contributed by atoms with Crippen molar-refractivity contribution in [2.24, 2.45) is 7.05 Å². The van der Waals surface area contributed by atoms with E-state index in [-0.39, 0.29) is 5.97 Å². The molecule has 1 aliphatic rings. The van der Waals surface area contributed by atoms with E-state index >= 15 is 0 Å². The van der Waals surface area contributed by atoms with Crippen molar-refractivity contribution in [2.75, 3.05) is 31.6 Å². The Bertz CT molecular complexity index is 677. The minimum absolute atomic E-state index is 0.288. The minimum atomic E-state index is -0.288. The number of carbonyl (C=O) groups is 1. The summed E-state index contributed by atoms with van der Waals surface area (Å²) in [5, 5.41) is 4.34. The lowest BCUT2D eigenvalue weighted by molar-refractivity contribution is 0.0603. The Morgan fingerprint density at radius 3 is 2.95 bits per heavy atom. The zero-order valence-electron chi connectivity index (χ0n) is 12.7. The topological polar surface area (TPSA) is 46.5 Å². The van der Waals surface area contributed by atoms with Gasteiger partial charge < -0.3 is 19.5 Å². The van der Waals surface area contributed by atoms with Crippen LogP contribution in [0.15, 0.2) is 24.4 Å². The summed E-state index contributed by atoms with van der Waals surface area (Å²) in [7, 11) is 3.37. The lowest BCUT2D eigenvalue weighted by atomic mass is 10.1. The smallest absolute Gasteiger partial charge is 0.340 e. The Morgan fingerprint density at radius 1 is 1.43 bits per heavy atom. The van der Waals surface area contributed by atoms with E-state index in [4.69, 9.17) is 4.74 Å². The monoisotopic (exact) mass is 287 g/mol. The summed E-state index contributed by atoms with van der Waals surface area (Å²) < 4.78 is 6.83. The standard InChI is InChI=1S/C16H21N3O2/c1-11-9-17-6-7-19(11)12-4-5-13-14(16(20)21-3)10-18(2)15(13)8-12/h4-5,8,10-11,17H,6-7,9H2,1-3H3. The molecule has 0 radical (unpaired) electrons. The number of anilines is 1. The van der Waals surface area contributed by atoms with Gasteiger partial charge in [0.2, 0.25) is 0 Å². The molecule has 1 N–H and O–H groups in total. The Morgan fingerprint density at radius 2 is 2.24 bits per heavy atom. The number of aromatic nitrogens is 1. The molecule has 0 aliphatic carbocycles. The van der Waals surface area contributed by atoms with Gasteiger partial charge in [-0.05, 0) is 25.1 Å². The van der Waals surface area contributed by atoms with Crippen molar-refractivity contribution in [1.29, 1.82) is 0 Å². The fourth-order valence-corrected chi connectivity index (χ4v) is 3.05. The number of piperazine rings is 1. The fourth-order valence-electron chi connectivity index (χ4n) is 3.05. The molecule has 1 fully saturated rings. The van der Waals surface area contributed by atoms with E-state index in [1.807, 2.05) is 23.9 Å². The number of hydrogen-bond acceptors (Lipinski definition) is 4. The van der Waals surface area contributed by atoms with Gasteiger partial charge in [0.15, 0.2) is 0 Å². The first-order valence-electron chi connectivity index (χ1n) is 7.26. The van der Waals surface area contributed by atoms with Crippen molar-refractivity contribution >= 4 is 22.6 Å². The molecule has 2 heterocycles. The summed E-state index contributed by atoms with van der Waals surface area (Å²) in [5.41, 5.74) is 2.88. The third-order valence-corrected chi connectivity index (χ3v) is 4.21. The molecule has 1 atom stereocenters. The summed E-state index contributed by atoms with van der Waals surface area (Å²) in [6.45, 7) is 5.23. The molecule has 0 saturated carbocycles. The summed E-state index contributed by atoms with van der Waals surface area (Å²) in [5.74, 6) is -0.288. The van der Waals surface area contributed by atoms with Gasteiger partial charge in [0.25, 0.3) is 0 Å². The highest BCUT2D eigenvalue weighted by molar-refractivity contribution is 6.05. The second-order valence-corrected chi connectivity index (χ2v) is 5.59. The number of benzene rings is 1. The van der Waals surface area contributed by atoms with E-state index in [1.54, 1.807) is 0 Å². The molecule has 1 aliphatic heterocycles. The van der Waals surface area contributed by atoms with Crippen LogP contribution in [0.1, 0.15) is 17.3 Å². The van der Waals surface area contributed by atoms with Gasteiger partial charge in [-0.1, -0.05) is 0 Å². The highest BCUT2D eigenvalue weighted by Gasteiger charge is 2.20. The van der Waals surface area contributed by atoms with Gasteiger partial charge in [-0.15, -0.1) is 0 Å². The molecule has 0 bridgehead atoms. The Labute approximate surface area is 124 Å². The first-order chi connectivity index (χ1) is 10.1. The SMILES string of the molecule is COC(=O)c1cn(C)c2cc(N3CCNCC3C)ccc12. The molecule has 5 heteroatoms. The van der Waals surface area contributed by atoms with E-state index in [9.17, 15) is 4.79 Å². The highest BCUT2D eigenvalue weighted by atomic mass is 16.5. The normalized spacial score (nSPS) is 19.0. The van der Waals surface area contributed by atoms with Crippen molar-refractivity contribution in [3.8, 4) is 0 Å². The molecule has 3 rings (SSSR count). The molecule has 5 nitrogen and oxygen atoms in total. The summed E-state index contributed by atoms with van der Waals surface area (Å²) in [6.07, 6.45) is 1.83. The van der Waals surface area contributed by atoms with E-state index in [0.717, 1.165) is 30.5 Å². The van der Waals surface area contributed by atoms with Crippen LogP contribution in [0.2, 0.25) is 0 Å². The number of esters is 1. The maximum Gasteiger partial charge on any atom is 0.340 e. The van der Waals surface area contributed by atoms with Crippen LogP contribution < -0.4 is 10.2 Å². The molecular formula is C16H21N3O2. The van der Waals surface area contributed by atoms with Crippen molar-refractivity contribution < 1.29 is 9.53 Å². The number of rotatable bonds is 2. The molecule has 1 saturated heterocycles. The molecule has 0 spiro atoms. The van der Waals surface area contributed by atoms with E-state index < -0.39 is 0 Å². The Balaban J connectivity index is 2.04. The zero-order valence-corrected chi connectivity index (χ0v) is 12.7. The number of carbonyl (C=O) groups excluding carboxylic acids is 1. The van der Waals surface area contributed by atoms with Crippen LogP contribution in [-0.2, 0) is 11.8 Å². The maximum atomic E-state index is 11.8. The van der Waals surface area contributed by atoms with Gasteiger partial charge in [0.1, 0.15) is 0 Å². The van der Waals surface area contributed by atoms with E-state index in [1.165, 1.54) is 12.8 Å². The maximum absolute atomic E-state index is 11.8. The third kappa shape index (κ3) is 2.38. The van der Waals surface area contributed by atoms with Gasteiger partial charge in [0, 0.05) is 50.0 Å². The third-order valence-electron chi connectivity index (χ3n) is 4.21. The first-order valence-corrected chi connectivity index (χ1v) is 7.26. The first kappa shape index (κ1) is 13.9. The van der Waals surface area contributed by atoms with Crippen LogP contribution in [0, 0.1) is 0 Å². The second-order valence-electron chi connectivity index (χ2n) is 5.59. The lowest BCUT2D eigenvalue weighted by Gasteiger charge is -2.36. The molecule has 1 unspecified atom stereocenters. The Hall–Kier alpha value is -2.01. The predicted octanol–water partition coefficient (Wildman–Crippen LogP) is 1.76. The molecule has 1 aromatic heterocycles. The van der Waals surface area contributed by atoms with Crippen LogP contribution in [-0.4, -0.2) is 43.3 Å². The zero-order chi connectivity index (χ0) is 15.0. The van der Waals surface area contributed by atoms with Crippen LogP contribution in [0.5, 0.6) is 0 Å². The van der Waals surface area contributed by atoms with Crippen LogP contribution in [0.3, 0.4) is 0 Å². The van der Waals surface area contributed by atoms with Crippen molar-refractivity contribution in [1.82, 2.24) is 9.88 Å². The van der Waals surface area contributed by atoms with Crippen molar-refractivity contribution in [3.05, 3.63) is 30.0 Å². The van der Waals surface area contributed by atoms with Crippen molar-refractivity contribution in [3.63, 3.8) is 0 Å². The predicted molar refractivity (Wildman–Crippen MR) is 83.9 cm³/mol. The molecule has 112 valence electrons. The molecule has 0 amide bonds. The summed E-state index contributed by atoms with van der Waals surface area (Å²) in [6, 6.07) is 6.74. The van der Waals surface area contributed by atoms with Gasteiger partial charge in [-0.2, -0.15) is 0 Å². The van der Waals surface area contributed by atoms with Crippen LogP contribution in [0.25, 0.3) is 10.9 Å². The van der Waals surface area contributed by atoms with Gasteiger partial charge in [-0.25, -0.2) is 4.79 Å². The average molecular weight is 287 g/mol. The number of nitrogens with zero attached hydrogens (tertiary/aromatic N) is 2.